The molecule has 0 saturated carbocycles. The number of nitrogens with one attached hydrogen (secondary N) is 1. The zero-order valence-electron chi connectivity index (χ0n) is 19.8. The van der Waals surface area contributed by atoms with Gasteiger partial charge < -0.3 is 25.6 Å². The third-order valence-electron chi connectivity index (χ3n) is 5.73. The molecule has 1 amide bonds. The Morgan fingerprint density at radius 2 is 1.69 bits per heavy atom. The van der Waals surface area contributed by atoms with E-state index in [1.54, 1.807) is 6.07 Å². The van der Waals surface area contributed by atoms with Gasteiger partial charge in [0.2, 0.25) is 5.91 Å². The standard InChI is InChI=1S/C26H33Cl3N4O2/c27-21-7-5-20(6-8-21)18-35-25(23-10-9-22(28)15-24(23)29)16-32-13-14-33(19-32)17-26(34)31-12-4-2-1-3-11-30/h5-10,13-15,25H,1-4,11-12,16-19,30H2,(H,31,34). The van der Waals surface area contributed by atoms with Gasteiger partial charge in [-0.1, -0.05) is 65.8 Å². The van der Waals surface area contributed by atoms with E-state index in [2.05, 4.69) is 10.2 Å². The number of hydrogen-bond donors (Lipinski definition) is 2. The number of rotatable bonds is 14. The highest BCUT2D eigenvalue weighted by Crippen LogP contribution is 2.30. The van der Waals surface area contributed by atoms with E-state index in [0.29, 0.717) is 48.0 Å². The predicted octanol–water partition coefficient (Wildman–Crippen LogP) is 5.59. The first-order valence-corrected chi connectivity index (χ1v) is 13.0. The normalized spacial score (nSPS) is 13.9. The van der Waals surface area contributed by atoms with Crippen molar-refractivity contribution < 1.29 is 9.53 Å². The van der Waals surface area contributed by atoms with E-state index >= 15 is 0 Å². The summed E-state index contributed by atoms with van der Waals surface area (Å²) in [6.07, 6.45) is 7.82. The molecule has 35 heavy (non-hydrogen) atoms. The molecule has 0 aromatic heterocycles. The van der Waals surface area contributed by atoms with Crippen LogP contribution < -0.4 is 11.1 Å². The highest BCUT2D eigenvalue weighted by Gasteiger charge is 2.22. The Morgan fingerprint density at radius 3 is 2.43 bits per heavy atom. The summed E-state index contributed by atoms with van der Waals surface area (Å²) in [4.78, 5) is 16.4. The van der Waals surface area contributed by atoms with Crippen molar-refractivity contribution in [3.63, 3.8) is 0 Å². The Balaban J connectivity index is 1.52. The van der Waals surface area contributed by atoms with Crippen LogP contribution in [0.3, 0.4) is 0 Å². The molecule has 6 nitrogen and oxygen atoms in total. The molecule has 0 radical (unpaired) electrons. The lowest BCUT2D eigenvalue weighted by atomic mass is 10.1. The molecule has 0 bridgehead atoms. The molecule has 9 heteroatoms. The fourth-order valence-electron chi connectivity index (χ4n) is 3.82. The minimum Gasteiger partial charge on any atom is -0.367 e. The van der Waals surface area contributed by atoms with Gasteiger partial charge in [-0.2, -0.15) is 0 Å². The maximum atomic E-state index is 12.3. The van der Waals surface area contributed by atoms with Gasteiger partial charge in [0.15, 0.2) is 0 Å². The zero-order valence-corrected chi connectivity index (χ0v) is 22.0. The maximum absolute atomic E-state index is 12.3. The summed E-state index contributed by atoms with van der Waals surface area (Å²) < 4.78 is 6.29. The molecule has 3 rings (SSSR count). The summed E-state index contributed by atoms with van der Waals surface area (Å²) in [5.41, 5.74) is 7.39. The van der Waals surface area contributed by atoms with Crippen LogP contribution in [0.2, 0.25) is 15.1 Å². The summed E-state index contributed by atoms with van der Waals surface area (Å²) in [5.74, 6) is 0.0200. The molecule has 2 aromatic carbocycles. The number of halogens is 3. The summed E-state index contributed by atoms with van der Waals surface area (Å²) in [6, 6.07) is 13.0. The van der Waals surface area contributed by atoms with Gasteiger partial charge in [-0.3, -0.25) is 4.79 Å². The van der Waals surface area contributed by atoms with E-state index in [1.165, 1.54) is 0 Å². The van der Waals surface area contributed by atoms with Crippen molar-refractivity contribution in [2.75, 3.05) is 32.8 Å². The molecule has 0 spiro atoms. The smallest absolute Gasteiger partial charge is 0.239 e. The second kappa shape index (κ2) is 14.6. The van der Waals surface area contributed by atoms with Crippen LogP contribution in [0, 0.1) is 0 Å². The van der Waals surface area contributed by atoms with Crippen molar-refractivity contribution in [3.05, 3.63) is 81.1 Å². The van der Waals surface area contributed by atoms with Gasteiger partial charge in [-0.05, 0) is 49.2 Å². The number of amides is 1. The molecule has 1 aliphatic heterocycles. The molecule has 1 atom stereocenters. The fraction of sp³-hybridized carbons (Fsp3) is 0.423. The van der Waals surface area contributed by atoms with Crippen molar-refractivity contribution in [1.82, 2.24) is 15.1 Å². The Bertz CT molecular complexity index is 972. The molecule has 1 unspecified atom stereocenters. The number of nitrogens with zero attached hydrogens (tertiary/aromatic N) is 2. The van der Waals surface area contributed by atoms with Gasteiger partial charge in [-0.15, -0.1) is 0 Å². The van der Waals surface area contributed by atoms with Crippen molar-refractivity contribution in [2.45, 2.75) is 38.4 Å². The number of unbranched alkanes of at least 4 members (excludes halogenated alkanes) is 3. The lowest BCUT2D eigenvalue weighted by Crippen LogP contribution is -2.37. The number of benzene rings is 2. The summed E-state index contributed by atoms with van der Waals surface area (Å²) in [7, 11) is 0. The van der Waals surface area contributed by atoms with Crippen molar-refractivity contribution in [2.24, 2.45) is 5.73 Å². The topological polar surface area (TPSA) is 70.8 Å². The fourth-order valence-corrected chi connectivity index (χ4v) is 4.48. The number of nitrogens with two attached hydrogens (primary N) is 1. The lowest BCUT2D eigenvalue weighted by Gasteiger charge is -2.27. The van der Waals surface area contributed by atoms with Crippen LogP contribution in [0.5, 0.6) is 0 Å². The van der Waals surface area contributed by atoms with Crippen LogP contribution in [0.1, 0.15) is 42.9 Å². The Morgan fingerprint density at radius 1 is 0.971 bits per heavy atom. The molecule has 0 fully saturated rings. The summed E-state index contributed by atoms with van der Waals surface area (Å²) >= 11 is 18.6. The van der Waals surface area contributed by atoms with Gasteiger partial charge >= 0.3 is 0 Å². The van der Waals surface area contributed by atoms with Crippen molar-refractivity contribution >= 4 is 40.7 Å². The van der Waals surface area contributed by atoms with Gasteiger partial charge in [0.25, 0.3) is 0 Å². The van der Waals surface area contributed by atoms with Crippen LogP contribution in [0.15, 0.2) is 54.9 Å². The molecule has 3 N–H and O–H groups in total. The predicted molar refractivity (Wildman–Crippen MR) is 143 cm³/mol. The number of carbonyl (C=O) groups excluding carboxylic acids is 1. The molecule has 2 aromatic rings. The van der Waals surface area contributed by atoms with Gasteiger partial charge in [0, 0.05) is 46.1 Å². The average molecular weight is 540 g/mol. The van der Waals surface area contributed by atoms with Crippen LogP contribution >= 0.6 is 34.8 Å². The number of carbonyl (C=O) groups is 1. The number of ether oxygens (including phenoxy) is 1. The van der Waals surface area contributed by atoms with Crippen molar-refractivity contribution in [3.8, 4) is 0 Å². The molecule has 190 valence electrons. The maximum Gasteiger partial charge on any atom is 0.239 e. The zero-order chi connectivity index (χ0) is 25.0. The third kappa shape index (κ3) is 9.54. The minimum absolute atomic E-state index is 0.0200. The lowest BCUT2D eigenvalue weighted by molar-refractivity contribution is -0.121. The molecule has 1 aliphatic rings. The molecular weight excluding hydrogens is 507 g/mol. The van der Waals surface area contributed by atoms with E-state index in [-0.39, 0.29) is 12.0 Å². The van der Waals surface area contributed by atoms with E-state index in [9.17, 15) is 4.79 Å². The van der Waals surface area contributed by atoms with Crippen LogP contribution in [-0.2, 0) is 16.1 Å². The van der Waals surface area contributed by atoms with E-state index in [4.69, 9.17) is 45.3 Å². The first-order chi connectivity index (χ1) is 16.9. The van der Waals surface area contributed by atoms with Gasteiger partial charge in [-0.25, -0.2) is 0 Å². The van der Waals surface area contributed by atoms with Gasteiger partial charge in [0.1, 0.15) is 6.10 Å². The monoisotopic (exact) mass is 538 g/mol. The Labute approximate surface area is 222 Å². The van der Waals surface area contributed by atoms with Crippen LogP contribution in [0.4, 0.5) is 0 Å². The van der Waals surface area contributed by atoms with Crippen molar-refractivity contribution in [1.29, 1.82) is 0 Å². The second-order valence-corrected chi connectivity index (χ2v) is 9.88. The molecular formula is C26H33Cl3N4O2. The molecule has 0 saturated heterocycles. The average Bonchev–Trinajstić information content (AvgIpc) is 3.27. The highest BCUT2D eigenvalue weighted by atomic mass is 35.5. The molecule has 0 aliphatic carbocycles. The Hall–Kier alpha value is -1.96. The SMILES string of the molecule is NCCCCCCNC(=O)CN1C=CN(CC(OCc2ccc(Cl)cc2)c2ccc(Cl)cc2Cl)C1. The summed E-state index contributed by atoms with van der Waals surface area (Å²) in [6.45, 7) is 3.31. The quantitative estimate of drug-likeness (QED) is 0.306. The highest BCUT2D eigenvalue weighted by molar-refractivity contribution is 6.35. The molecule has 1 heterocycles. The van der Waals surface area contributed by atoms with E-state index in [1.807, 2.05) is 53.7 Å². The van der Waals surface area contributed by atoms with E-state index in [0.717, 1.165) is 43.4 Å². The summed E-state index contributed by atoms with van der Waals surface area (Å²) in [5, 5.41) is 4.82. The van der Waals surface area contributed by atoms with Crippen LogP contribution in [-0.4, -0.2) is 48.6 Å². The van der Waals surface area contributed by atoms with Gasteiger partial charge in [0.05, 0.1) is 19.8 Å². The van der Waals surface area contributed by atoms with Crippen LogP contribution in [0.25, 0.3) is 0 Å². The Kier molecular flexibility index (Phi) is 11.5. The number of hydrogen-bond acceptors (Lipinski definition) is 5. The third-order valence-corrected chi connectivity index (χ3v) is 6.54. The second-order valence-electron chi connectivity index (χ2n) is 8.60. The first kappa shape index (κ1) is 27.6. The largest absolute Gasteiger partial charge is 0.367 e. The minimum atomic E-state index is -0.289. The first-order valence-electron chi connectivity index (χ1n) is 11.9. The van der Waals surface area contributed by atoms with E-state index < -0.39 is 0 Å².